The molecule has 0 aliphatic carbocycles. The topological polar surface area (TPSA) is 73.0 Å². The number of benzene rings is 2. The molecule has 0 spiro atoms. The predicted molar refractivity (Wildman–Crippen MR) is 153 cm³/mol. The summed E-state index contributed by atoms with van der Waals surface area (Å²) in [4.78, 5) is 45.1. The van der Waals surface area contributed by atoms with Gasteiger partial charge >= 0.3 is 0 Å². The highest BCUT2D eigenvalue weighted by Gasteiger charge is 2.42. The van der Waals surface area contributed by atoms with Crippen LogP contribution in [0.4, 0.5) is 5.69 Å². The molecule has 3 fully saturated rings. The molecule has 1 N–H and O–H groups in total. The van der Waals surface area contributed by atoms with E-state index in [1.807, 2.05) is 67.3 Å². The van der Waals surface area contributed by atoms with Crippen LogP contribution in [0.5, 0.6) is 0 Å². The third-order valence-corrected chi connectivity index (χ3v) is 9.09. The number of likely N-dealkylation sites (tertiary alicyclic amines) is 3. The summed E-state index contributed by atoms with van der Waals surface area (Å²) in [5, 5.41) is 3.05. The maximum Gasteiger partial charge on any atom is 0.254 e. The molecule has 7 heteroatoms. The van der Waals surface area contributed by atoms with Crippen LogP contribution in [-0.2, 0) is 9.59 Å². The van der Waals surface area contributed by atoms with E-state index in [9.17, 15) is 14.4 Å². The molecular weight excluding hydrogens is 488 g/mol. The number of nitrogens with zero attached hydrogens (tertiary/aromatic N) is 3. The molecule has 0 radical (unpaired) electrons. The Bertz CT molecular complexity index is 1160. The monoisotopic (exact) mass is 530 g/mol. The van der Waals surface area contributed by atoms with Gasteiger partial charge in [0.1, 0.15) is 0 Å². The molecule has 2 aromatic carbocycles. The van der Waals surface area contributed by atoms with Crippen molar-refractivity contribution in [1.82, 2.24) is 14.7 Å². The number of hydrogen-bond acceptors (Lipinski definition) is 4. The van der Waals surface area contributed by atoms with Gasteiger partial charge in [-0.1, -0.05) is 36.4 Å². The number of amides is 3. The third-order valence-electron chi connectivity index (χ3n) is 9.09. The number of carbonyl (C=O) groups is 3. The molecule has 4 atom stereocenters. The second kappa shape index (κ2) is 11.9. The summed E-state index contributed by atoms with van der Waals surface area (Å²) in [7, 11) is 0. The predicted octanol–water partition coefficient (Wildman–Crippen LogP) is 4.35. The van der Waals surface area contributed by atoms with Crippen LogP contribution in [0.15, 0.2) is 48.5 Å². The van der Waals surface area contributed by atoms with Crippen LogP contribution < -0.4 is 5.32 Å². The third kappa shape index (κ3) is 6.19. The molecule has 0 saturated carbocycles. The molecule has 39 heavy (non-hydrogen) atoms. The zero-order valence-electron chi connectivity index (χ0n) is 23.6. The Kier molecular flexibility index (Phi) is 8.36. The second-order valence-corrected chi connectivity index (χ2v) is 11.8. The Balaban J connectivity index is 1.10. The van der Waals surface area contributed by atoms with Crippen LogP contribution in [0.25, 0.3) is 0 Å². The first-order valence-electron chi connectivity index (χ1n) is 14.5. The summed E-state index contributed by atoms with van der Waals surface area (Å²) >= 11 is 0. The minimum absolute atomic E-state index is 0.0572. The fourth-order valence-electron chi connectivity index (χ4n) is 7.04. The molecule has 3 heterocycles. The van der Waals surface area contributed by atoms with E-state index in [0.717, 1.165) is 74.4 Å². The molecule has 2 aromatic rings. The lowest BCUT2D eigenvalue weighted by molar-refractivity contribution is -0.136. The van der Waals surface area contributed by atoms with Crippen molar-refractivity contribution in [2.24, 2.45) is 17.8 Å². The van der Waals surface area contributed by atoms with Gasteiger partial charge in [0.2, 0.25) is 11.8 Å². The quantitative estimate of drug-likeness (QED) is 0.578. The van der Waals surface area contributed by atoms with E-state index in [0.29, 0.717) is 24.8 Å². The minimum atomic E-state index is -0.0719. The number of fused-ring (bicyclic) bond motifs is 1. The lowest BCUT2D eigenvalue weighted by Crippen LogP contribution is -2.47. The average molecular weight is 531 g/mol. The van der Waals surface area contributed by atoms with Crippen molar-refractivity contribution in [3.05, 3.63) is 65.2 Å². The summed E-state index contributed by atoms with van der Waals surface area (Å²) in [6.07, 6.45) is 3.35. The van der Waals surface area contributed by atoms with E-state index >= 15 is 0 Å². The van der Waals surface area contributed by atoms with Crippen LogP contribution in [0.2, 0.25) is 0 Å². The SMILES string of the molecule is CC(=O)N1CCC(C(=O)Nc2ccccc2)CC1CCCN1CC2CN(C(=O)c3c(C)cccc3C)CC2C1. The van der Waals surface area contributed by atoms with Gasteiger partial charge in [0.25, 0.3) is 5.91 Å². The van der Waals surface area contributed by atoms with Gasteiger partial charge in [0.15, 0.2) is 0 Å². The first-order chi connectivity index (χ1) is 18.8. The first kappa shape index (κ1) is 27.4. The van der Waals surface area contributed by atoms with E-state index in [1.165, 1.54) is 0 Å². The smallest absolute Gasteiger partial charge is 0.254 e. The van der Waals surface area contributed by atoms with Crippen LogP contribution in [0.3, 0.4) is 0 Å². The molecular formula is C32H42N4O3. The molecule has 3 amide bonds. The van der Waals surface area contributed by atoms with Gasteiger partial charge in [-0.25, -0.2) is 0 Å². The van der Waals surface area contributed by atoms with Gasteiger partial charge in [-0.05, 0) is 81.2 Å². The van der Waals surface area contributed by atoms with Crippen molar-refractivity contribution >= 4 is 23.4 Å². The zero-order valence-corrected chi connectivity index (χ0v) is 23.6. The van der Waals surface area contributed by atoms with E-state index in [4.69, 9.17) is 0 Å². The lowest BCUT2D eigenvalue weighted by atomic mass is 9.87. The molecule has 7 nitrogen and oxygen atoms in total. The number of aryl methyl sites for hydroxylation is 2. The van der Waals surface area contributed by atoms with Crippen molar-refractivity contribution in [2.75, 3.05) is 44.6 Å². The van der Waals surface area contributed by atoms with Crippen molar-refractivity contribution in [2.45, 2.75) is 52.5 Å². The number of rotatable bonds is 7. The molecule has 208 valence electrons. The first-order valence-corrected chi connectivity index (χ1v) is 14.5. The van der Waals surface area contributed by atoms with E-state index in [-0.39, 0.29) is 29.7 Å². The van der Waals surface area contributed by atoms with Gasteiger partial charge in [0.05, 0.1) is 0 Å². The highest BCUT2D eigenvalue weighted by atomic mass is 16.2. The number of anilines is 1. The van der Waals surface area contributed by atoms with Crippen molar-refractivity contribution < 1.29 is 14.4 Å². The Morgan fingerprint density at radius 1 is 0.897 bits per heavy atom. The van der Waals surface area contributed by atoms with Crippen LogP contribution in [0.1, 0.15) is 54.1 Å². The van der Waals surface area contributed by atoms with Gasteiger partial charge in [-0.2, -0.15) is 0 Å². The van der Waals surface area contributed by atoms with Crippen LogP contribution in [0, 0.1) is 31.6 Å². The Morgan fingerprint density at radius 3 is 2.21 bits per heavy atom. The largest absolute Gasteiger partial charge is 0.340 e. The maximum absolute atomic E-state index is 13.3. The molecule has 4 unspecified atom stereocenters. The Morgan fingerprint density at radius 2 is 1.56 bits per heavy atom. The molecule has 0 bridgehead atoms. The normalized spacial score (nSPS) is 25.0. The molecule has 3 aliphatic rings. The standard InChI is InChI=1S/C32H42N4O3/c1-22-9-7-10-23(2)30(22)32(39)35-20-26-18-34(19-27(26)21-35)15-8-13-29-17-25(14-16-36(29)24(3)37)31(38)33-28-11-5-4-6-12-28/h4-7,9-12,25-27,29H,8,13-21H2,1-3H3,(H,33,38). The second-order valence-electron chi connectivity index (χ2n) is 11.8. The van der Waals surface area contributed by atoms with Gasteiger partial charge in [0, 0.05) is 62.9 Å². The Hall–Kier alpha value is -3.19. The molecule has 3 aliphatic heterocycles. The highest BCUT2D eigenvalue weighted by Crippen LogP contribution is 2.33. The molecule has 0 aromatic heterocycles. The fraction of sp³-hybridized carbons (Fsp3) is 0.531. The summed E-state index contributed by atoms with van der Waals surface area (Å²) < 4.78 is 0. The Labute approximate surface area is 232 Å². The zero-order chi connectivity index (χ0) is 27.5. The van der Waals surface area contributed by atoms with Crippen molar-refractivity contribution in [3.8, 4) is 0 Å². The van der Waals surface area contributed by atoms with E-state index in [2.05, 4.69) is 15.1 Å². The lowest BCUT2D eigenvalue weighted by Gasteiger charge is -2.39. The van der Waals surface area contributed by atoms with Crippen molar-refractivity contribution in [3.63, 3.8) is 0 Å². The van der Waals surface area contributed by atoms with Gasteiger partial charge in [-0.15, -0.1) is 0 Å². The summed E-state index contributed by atoms with van der Waals surface area (Å²) in [5.74, 6) is 1.34. The van der Waals surface area contributed by atoms with Gasteiger partial charge < -0.3 is 20.0 Å². The summed E-state index contributed by atoms with van der Waals surface area (Å²) in [6.45, 7) is 11.1. The van der Waals surface area contributed by atoms with E-state index in [1.54, 1.807) is 6.92 Å². The maximum atomic E-state index is 13.3. The number of nitrogens with one attached hydrogen (secondary N) is 1. The fourth-order valence-corrected chi connectivity index (χ4v) is 7.04. The van der Waals surface area contributed by atoms with Gasteiger partial charge in [-0.3, -0.25) is 14.4 Å². The van der Waals surface area contributed by atoms with Crippen LogP contribution in [-0.4, -0.2) is 77.7 Å². The summed E-state index contributed by atoms with van der Waals surface area (Å²) in [5.41, 5.74) is 3.80. The highest BCUT2D eigenvalue weighted by molar-refractivity contribution is 5.97. The summed E-state index contributed by atoms with van der Waals surface area (Å²) in [6, 6.07) is 15.8. The number of para-hydroxylation sites is 1. The number of hydrogen-bond donors (Lipinski definition) is 1. The van der Waals surface area contributed by atoms with Crippen molar-refractivity contribution in [1.29, 1.82) is 0 Å². The van der Waals surface area contributed by atoms with E-state index < -0.39 is 0 Å². The number of piperidine rings is 1. The molecule has 3 saturated heterocycles. The minimum Gasteiger partial charge on any atom is -0.340 e. The molecule has 5 rings (SSSR count). The number of carbonyl (C=O) groups excluding carboxylic acids is 3. The average Bonchev–Trinajstić information content (AvgIpc) is 3.48. The van der Waals surface area contributed by atoms with Crippen LogP contribution >= 0.6 is 0 Å².